The number of nitrogens with zero attached hydrogens (tertiary/aromatic N) is 1. The zero-order valence-corrected chi connectivity index (χ0v) is 15.5. The van der Waals surface area contributed by atoms with Crippen LogP contribution in [0.4, 0.5) is 5.69 Å². The zero-order valence-electron chi connectivity index (χ0n) is 15.5. The third-order valence-corrected chi connectivity index (χ3v) is 5.75. The number of fused-ring (bicyclic) bond motifs is 1. The van der Waals surface area contributed by atoms with Crippen LogP contribution in [0, 0.1) is 5.92 Å². The van der Waals surface area contributed by atoms with E-state index in [1.807, 2.05) is 0 Å². The van der Waals surface area contributed by atoms with Gasteiger partial charge in [-0.3, -0.25) is 0 Å². The molecule has 1 fully saturated rings. The van der Waals surface area contributed by atoms with E-state index in [4.69, 9.17) is 4.74 Å². The van der Waals surface area contributed by atoms with Crippen molar-refractivity contribution in [3.05, 3.63) is 84.0 Å². The predicted molar refractivity (Wildman–Crippen MR) is 109 cm³/mol. The number of ether oxygens (including phenoxy) is 1. The number of hydrogen-bond acceptors (Lipinski definition) is 2. The number of rotatable bonds is 5. The number of hydrogen-bond donors (Lipinski definition) is 0. The van der Waals surface area contributed by atoms with Gasteiger partial charge in [-0.25, -0.2) is 0 Å². The quantitative estimate of drug-likeness (QED) is 0.718. The molecule has 2 aromatic carbocycles. The Morgan fingerprint density at radius 3 is 2.62 bits per heavy atom. The van der Waals surface area contributed by atoms with Crippen LogP contribution >= 0.6 is 0 Å². The molecule has 2 nitrogen and oxygen atoms in total. The van der Waals surface area contributed by atoms with Crippen LogP contribution in [-0.4, -0.2) is 19.7 Å². The smallest absolute Gasteiger partial charge is 0.118 e. The summed E-state index contributed by atoms with van der Waals surface area (Å²) in [4.78, 5) is 2.62. The third kappa shape index (κ3) is 3.55. The molecule has 0 amide bonds. The maximum Gasteiger partial charge on any atom is 0.118 e. The standard InChI is InChI=1S/C24H27NO/c1-26-22-14-11-19(12-15-22)13-16-24-23-10-6-5-7-20(23)17-18-25(24)21-8-3-2-4-9-21/h2-6,8-12,14-15,20,24H,7,13,16-18H2,1H3. The van der Waals surface area contributed by atoms with Gasteiger partial charge in [0.1, 0.15) is 5.75 Å². The van der Waals surface area contributed by atoms with E-state index in [9.17, 15) is 0 Å². The molecular weight excluding hydrogens is 318 g/mol. The van der Waals surface area contributed by atoms with Gasteiger partial charge in [0.05, 0.1) is 13.2 Å². The summed E-state index contributed by atoms with van der Waals surface area (Å²) in [5.41, 5.74) is 4.35. The van der Waals surface area contributed by atoms with Crippen LogP contribution in [0.1, 0.15) is 24.8 Å². The van der Waals surface area contributed by atoms with Crippen molar-refractivity contribution in [1.82, 2.24) is 0 Å². The van der Waals surface area contributed by atoms with Crippen molar-refractivity contribution >= 4 is 5.69 Å². The maximum absolute atomic E-state index is 5.28. The highest BCUT2D eigenvalue weighted by molar-refractivity contribution is 5.51. The van der Waals surface area contributed by atoms with Crippen LogP contribution < -0.4 is 9.64 Å². The van der Waals surface area contributed by atoms with Gasteiger partial charge < -0.3 is 9.64 Å². The molecule has 0 bridgehead atoms. The summed E-state index contributed by atoms with van der Waals surface area (Å²) in [5.74, 6) is 1.65. The Morgan fingerprint density at radius 1 is 1.04 bits per heavy atom. The molecule has 2 atom stereocenters. The predicted octanol–water partition coefficient (Wildman–Crippen LogP) is 5.41. The van der Waals surface area contributed by atoms with Gasteiger partial charge in [0.25, 0.3) is 0 Å². The van der Waals surface area contributed by atoms with Gasteiger partial charge in [0.15, 0.2) is 0 Å². The van der Waals surface area contributed by atoms with Crippen molar-refractivity contribution in [3.63, 3.8) is 0 Å². The van der Waals surface area contributed by atoms with E-state index in [0.29, 0.717) is 6.04 Å². The third-order valence-electron chi connectivity index (χ3n) is 5.75. The first-order chi connectivity index (χ1) is 12.8. The highest BCUT2D eigenvalue weighted by Crippen LogP contribution is 2.38. The summed E-state index contributed by atoms with van der Waals surface area (Å²) in [5, 5.41) is 0. The van der Waals surface area contributed by atoms with Gasteiger partial charge >= 0.3 is 0 Å². The summed E-state index contributed by atoms with van der Waals surface area (Å²) in [6, 6.07) is 19.9. The normalized spacial score (nSPS) is 21.9. The molecule has 1 aliphatic heterocycles. The number of para-hydroxylation sites is 1. The van der Waals surface area contributed by atoms with Crippen LogP contribution in [0.2, 0.25) is 0 Å². The van der Waals surface area contributed by atoms with E-state index < -0.39 is 0 Å². The van der Waals surface area contributed by atoms with Crippen LogP contribution in [0.3, 0.4) is 0 Å². The lowest BCUT2D eigenvalue weighted by molar-refractivity contribution is 0.414. The van der Waals surface area contributed by atoms with Gasteiger partial charge in [-0.1, -0.05) is 48.6 Å². The SMILES string of the molecule is COc1ccc(CCC2C3=CC=CCC3CCN2c2ccccc2)cc1. The number of anilines is 1. The molecule has 0 N–H and O–H groups in total. The summed E-state index contributed by atoms with van der Waals surface area (Å²) < 4.78 is 5.28. The lowest BCUT2D eigenvalue weighted by Crippen LogP contribution is -2.45. The Kier molecular flexibility index (Phi) is 5.10. The van der Waals surface area contributed by atoms with Crippen molar-refractivity contribution in [1.29, 1.82) is 0 Å². The minimum Gasteiger partial charge on any atom is -0.497 e. The van der Waals surface area contributed by atoms with E-state index in [-0.39, 0.29) is 0 Å². The van der Waals surface area contributed by atoms with Crippen molar-refractivity contribution in [3.8, 4) is 5.75 Å². The molecule has 0 spiro atoms. The molecule has 2 aromatic rings. The Morgan fingerprint density at radius 2 is 1.85 bits per heavy atom. The van der Waals surface area contributed by atoms with Gasteiger partial charge in [0, 0.05) is 12.2 Å². The number of piperidine rings is 1. The molecule has 2 aliphatic rings. The molecule has 1 saturated heterocycles. The van der Waals surface area contributed by atoms with Crippen LogP contribution in [0.5, 0.6) is 5.75 Å². The molecule has 0 radical (unpaired) electrons. The summed E-state index contributed by atoms with van der Waals surface area (Å²) >= 11 is 0. The summed E-state index contributed by atoms with van der Waals surface area (Å²) in [6.45, 7) is 1.15. The second kappa shape index (κ2) is 7.82. The molecule has 2 heteroatoms. The van der Waals surface area contributed by atoms with Crippen molar-refractivity contribution in [2.75, 3.05) is 18.6 Å². The first kappa shape index (κ1) is 17.0. The lowest BCUT2D eigenvalue weighted by atomic mass is 9.78. The Hall–Kier alpha value is -2.48. The molecule has 134 valence electrons. The molecule has 2 unspecified atom stereocenters. The van der Waals surface area contributed by atoms with Crippen molar-refractivity contribution in [2.24, 2.45) is 5.92 Å². The average molecular weight is 345 g/mol. The van der Waals surface area contributed by atoms with E-state index in [2.05, 4.69) is 77.7 Å². The molecule has 0 saturated carbocycles. The van der Waals surface area contributed by atoms with E-state index >= 15 is 0 Å². The fraction of sp³-hybridized carbons (Fsp3) is 0.333. The average Bonchev–Trinajstić information content (AvgIpc) is 2.73. The molecule has 4 rings (SSSR count). The maximum atomic E-state index is 5.28. The van der Waals surface area contributed by atoms with Crippen molar-refractivity contribution < 1.29 is 4.74 Å². The minimum absolute atomic E-state index is 0.489. The molecule has 1 aliphatic carbocycles. The molecule has 0 aromatic heterocycles. The van der Waals surface area contributed by atoms with Gasteiger partial charge in [0.2, 0.25) is 0 Å². The molecule has 1 heterocycles. The fourth-order valence-corrected chi connectivity index (χ4v) is 4.34. The van der Waals surface area contributed by atoms with Crippen LogP contribution in [-0.2, 0) is 6.42 Å². The Bertz CT molecular complexity index is 776. The highest BCUT2D eigenvalue weighted by atomic mass is 16.5. The first-order valence-electron chi connectivity index (χ1n) is 9.66. The molecule has 26 heavy (non-hydrogen) atoms. The second-order valence-corrected chi connectivity index (χ2v) is 7.25. The van der Waals surface area contributed by atoms with E-state index in [1.54, 1.807) is 12.7 Å². The monoisotopic (exact) mass is 345 g/mol. The first-order valence-corrected chi connectivity index (χ1v) is 9.66. The van der Waals surface area contributed by atoms with Crippen molar-refractivity contribution in [2.45, 2.75) is 31.7 Å². The lowest BCUT2D eigenvalue weighted by Gasteiger charge is -2.44. The van der Waals surface area contributed by atoms with Gasteiger partial charge in [-0.05, 0) is 67.0 Å². The summed E-state index contributed by atoms with van der Waals surface area (Å²) in [7, 11) is 1.72. The Balaban J connectivity index is 1.56. The fourth-order valence-electron chi connectivity index (χ4n) is 4.34. The number of methoxy groups -OCH3 is 1. The topological polar surface area (TPSA) is 12.5 Å². The van der Waals surface area contributed by atoms with Gasteiger partial charge in [-0.15, -0.1) is 0 Å². The zero-order chi connectivity index (χ0) is 17.8. The summed E-state index contributed by atoms with van der Waals surface area (Å²) in [6.07, 6.45) is 11.6. The van der Waals surface area contributed by atoms with Crippen LogP contribution in [0.25, 0.3) is 0 Å². The van der Waals surface area contributed by atoms with Gasteiger partial charge in [-0.2, -0.15) is 0 Å². The second-order valence-electron chi connectivity index (χ2n) is 7.25. The highest BCUT2D eigenvalue weighted by Gasteiger charge is 2.32. The number of allylic oxidation sites excluding steroid dienone is 3. The van der Waals surface area contributed by atoms with E-state index in [0.717, 1.165) is 31.1 Å². The largest absolute Gasteiger partial charge is 0.497 e. The number of aryl methyl sites for hydroxylation is 1. The minimum atomic E-state index is 0.489. The van der Waals surface area contributed by atoms with E-state index in [1.165, 1.54) is 24.1 Å². The number of benzene rings is 2. The molecular formula is C24H27NO. The Labute approximate surface area is 156 Å². The van der Waals surface area contributed by atoms with Crippen LogP contribution in [0.15, 0.2) is 78.4 Å².